The second-order valence-electron chi connectivity index (χ2n) is 7.52. The van der Waals surface area contributed by atoms with Crippen LogP contribution in [0.5, 0.6) is 0 Å². The molecule has 1 heterocycles. The van der Waals surface area contributed by atoms with Crippen molar-refractivity contribution in [1.82, 2.24) is 9.80 Å². The molecule has 1 fully saturated rings. The minimum absolute atomic E-state index is 0.0292. The SMILES string of the molecule is CC(C)C(=O)N1CCN([C@H](C)C(=O)Nc2ccc3c(c2)CCC3)CC1. The number of carbonyl (C=O) groups is 2. The van der Waals surface area contributed by atoms with E-state index < -0.39 is 0 Å². The van der Waals surface area contributed by atoms with Crippen molar-refractivity contribution in [2.45, 2.75) is 46.1 Å². The minimum Gasteiger partial charge on any atom is -0.340 e. The van der Waals surface area contributed by atoms with Crippen LogP contribution >= 0.6 is 0 Å². The molecule has 3 rings (SSSR count). The van der Waals surface area contributed by atoms with E-state index in [2.05, 4.69) is 22.3 Å². The van der Waals surface area contributed by atoms with Crippen LogP contribution in [0.4, 0.5) is 5.69 Å². The third-order valence-electron chi connectivity index (χ3n) is 5.41. The van der Waals surface area contributed by atoms with Gasteiger partial charge in [-0.15, -0.1) is 0 Å². The zero-order chi connectivity index (χ0) is 18.0. The number of hydrogen-bond donors (Lipinski definition) is 1. The van der Waals surface area contributed by atoms with E-state index in [0.29, 0.717) is 13.1 Å². The summed E-state index contributed by atoms with van der Waals surface area (Å²) >= 11 is 0. The van der Waals surface area contributed by atoms with Gasteiger partial charge in [-0.3, -0.25) is 14.5 Å². The Hall–Kier alpha value is -1.88. The molecule has 1 atom stereocenters. The third-order valence-corrected chi connectivity index (χ3v) is 5.41. The number of hydrogen-bond acceptors (Lipinski definition) is 3. The topological polar surface area (TPSA) is 52.7 Å². The van der Waals surface area contributed by atoms with Crippen molar-refractivity contribution in [1.29, 1.82) is 0 Å². The summed E-state index contributed by atoms with van der Waals surface area (Å²) in [6.45, 7) is 8.71. The molecular weight excluding hydrogens is 314 g/mol. The first kappa shape index (κ1) is 17.9. The molecule has 1 saturated heterocycles. The maximum atomic E-state index is 12.6. The van der Waals surface area contributed by atoms with Gasteiger partial charge in [0, 0.05) is 37.8 Å². The van der Waals surface area contributed by atoms with Gasteiger partial charge in [-0.05, 0) is 49.4 Å². The van der Waals surface area contributed by atoms with Crippen LogP contribution in [0.25, 0.3) is 0 Å². The summed E-state index contributed by atoms with van der Waals surface area (Å²) in [6, 6.07) is 6.07. The van der Waals surface area contributed by atoms with Gasteiger partial charge >= 0.3 is 0 Å². The van der Waals surface area contributed by atoms with Crippen molar-refractivity contribution in [2.75, 3.05) is 31.5 Å². The van der Waals surface area contributed by atoms with Gasteiger partial charge in [-0.25, -0.2) is 0 Å². The minimum atomic E-state index is -0.190. The Morgan fingerprint density at radius 1 is 1.00 bits per heavy atom. The Bertz CT molecular complexity index is 648. The third kappa shape index (κ3) is 4.03. The molecule has 136 valence electrons. The fourth-order valence-corrected chi connectivity index (χ4v) is 3.76. The molecule has 1 N–H and O–H groups in total. The Kier molecular flexibility index (Phi) is 5.42. The first-order valence-electron chi connectivity index (χ1n) is 9.41. The second-order valence-corrected chi connectivity index (χ2v) is 7.52. The first-order chi connectivity index (χ1) is 12.0. The second kappa shape index (κ2) is 7.56. The van der Waals surface area contributed by atoms with E-state index in [4.69, 9.17) is 0 Å². The van der Waals surface area contributed by atoms with Gasteiger partial charge in [0.25, 0.3) is 0 Å². The highest BCUT2D eigenvalue weighted by molar-refractivity contribution is 5.94. The van der Waals surface area contributed by atoms with E-state index in [-0.39, 0.29) is 23.8 Å². The highest BCUT2D eigenvalue weighted by atomic mass is 16.2. The largest absolute Gasteiger partial charge is 0.340 e. The smallest absolute Gasteiger partial charge is 0.241 e. The molecule has 2 aliphatic rings. The van der Waals surface area contributed by atoms with Crippen LogP contribution in [-0.4, -0.2) is 53.8 Å². The number of rotatable bonds is 4. The lowest BCUT2D eigenvalue weighted by Crippen LogP contribution is -2.54. The van der Waals surface area contributed by atoms with Crippen LogP contribution in [0.2, 0.25) is 0 Å². The molecule has 5 nitrogen and oxygen atoms in total. The van der Waals surface area contributed by atoms with Gasteiger partial charge in [0.15, 0.2) is 0 Å². The lowest BCUT2D eigenvalue weighted by atomic mass is 10.1. The molecule has 0 radical (unpaired) electrons. The zero-order valence-electron chi connectivity index (χ0n) is 15.5. The quantitative estimate of drug-likeness (QED) is 0.913. The van der Waals surface area contributed by atoms with Gasteiger partial charge in [-0.1, -0.05) is 19.9 Å². The normalized spacial score (nSPS) is 19.0. The van der Waals surface area contributed by atoms with Crippen LogP contribution in [-0.2, 0) is 22.4 Å². The van der Waals surface area contributed by atoms with Crippen LogP contribution in [0.1, 0.15) is 38.3 Å². The van der Waals surface area contributed by atoms with Gasteiger partial charge in [-0.2, -0.15) is 0 Å². The highest BCUT2D eigenvalue weighted by Gasteiger charge is 2.28. The van der Waals surface area contributed by atoms with Crippen molar-refractivity contribution < 1.29 is 9.59 Å². The number of benzene rings is 1. The predicted molar refractivity (Wildman–Crippen MR) is 99.5 cm³/mol. The van der Waals surface area contributed by atoms with E-state index in [1.807, 2.05) is 31.7 Å². The van der Waals surface area contributed by atoms with Gasteiger partial charge in [0.05, 0.1) is 6.04 Å². The lowest BCUT2D eigenvalue weighted by Gasteiger charge is -2.38. The van der Waals surface area contributed by atoms with Gasteiger partial charge < -0.3 is 10.2 Å². The van der Waals surface area contributed by atoms with Crippen LogP contribution < -0.4 is 5.32 Å². The Balaban J connectivity index is 1.54. The summed E-state index contributed by atoms with van der Waals surface area (Å²) < 4.78 is 0. The van der Waals surface area contributed by atoms with Crippen molar-refractivity contribution >= 4 is 17.5 Å². The molecule has 0 aromatic heterocycles. The molecule has 1 aromatic carbocycles. The van der Waals surface area contributed by atoms with E-state index >= 15 is 0 Å². The number of anilines is 1. The summed E-state index contributed by atoms with van der Waals surface area (Å²) in [7, 11) is 0. The fraction of sp³-hybridized carbons (Fsp3) is 0.600. The number of fused-ring (bicyclic) bond motifs is 1. The molecule has 1 aliphatic carbocycles. The number of nitrogens with zero attached hydrogens (tertiary/aromatic N) is 2. The number of piperazine rings is 1. The molecule has 0 spiro atoms. The summed E-state index contributed by atoms with van der Waals surface area (Å²) in [4.78, 5) is 28.7. The molecule has 2 amide bonds. The summed E-state index contributed by atoms with van der Waals surface area (Å²) in [6.07, 6.45) is 3.47. The van der Waals surface area contributed by atoms with E-state index in [1.54, 1.807) is 0 Å². The first-order valence-corrected chi connectivity index (χ1v) is 9.41. The van der Waals surface area contributed by atoms with E-state index in [1.165, 1.54) is 17.5 Å². The number of nitrogens with one attached hydrogen (secondary N) is 1. The average molecular weight is 343 g/mol. The summed E-state index contributed by atoms with van der Waals surface area (Å²) in [5.41, 5.74) is 3.68. The van der Waals surface area contributed by atoms with Crippen LogP contribution in [0.3, 0.4) is 0 Å². The van der Waals surface area contributed by atoms with E-state index in [0.717, 1.165) is 31.6 Å². The molecular formula is C20H29N3O2. The zero-order valence-corrected chi connectivity index (χ0v) is 15.5. The van der Waals surface area contributed by atoms with Crippen LogP contribution in [0.15, 0.2) is 18.2 Å². The van der Waals surface area contributed by atoms with Crippen molar-refractivity contribution in [3.63, 3.8) is 0 Å². The number of aryl methyl sites for hydroxylation is 2. The summed E-state index contributed by atoms with van der Waals surface area (Å²) in [5.74, 6) is 0.267. The monoisotopic (exact) mass is 343 g/mol. The maximum Gasteiger partial charge on any atom is 0.241 e. The Morgan fingerprint density at radius 2 is 1.68 bits per heavy atom. The molecule has 1 aromatic rings. The Morgan fingerprint density at radius 3 is 2.36 bits per heavy atom. The molecule has 5 heteroatoms. The maximum absolute atomic E-state index is 12.6. The van der Waals surface area contributed by atoms with E-state index in [9.17, 15) is 9.59 Å². The molecule has 0 unspecified atom stereocenters. The van der Waals surface area contributed by atoms with Gasteiger partial charge in [0.2, 0.25) is 11.8 Å². The van der Waals surface area contributed by atoms with Crippen molar-refractivity contribution in [3.05, 3.63) is 29.3 Å². The molecule has 25 heavy (non-hydrogen) atoms. The highest BCUT2D eigenvalue weighted by Crippen LogP contribution is 2.25. The molecule has 0 saturated carbocycles. The Labute approximate surface area is 150 Å². The fourth-order valence-electron chi connectivity index (χ4n) is 3.76. The number of carbonyl (C=O) groups excluding carboxylic acids is 2. The van der Waals surface area contributed by atoms with Crippen molar-refractivity contribution in [2.24, 2.45) is 5.92 Å². The standard InChI is InChI=1S/C20H29N3O2/c1-14(2)20(25)23-11-9-22(10-12-23)15(3)19(24)21-18-8-7-16-5-4-6-17(16)13-18/h7-8,13-15H,4-6,9-12H2,1-3H3,(H,21,24)/t15-/m1/s1. The molecule has 0 bridgehead atoms. The number of amides is 2. The lowest BCUT2D eigenvalue weighted by molar-refractivity contribution is -0.136. The van der Waals surface area contributed by atoms with Gasteiger partial charge in [0.1, 0.15) is 0 Å². The molecule has 1 aliphatic heterocycles. The summed E-state index contributed by atoms with van der Waals surface area (Å²) in [5, 5.41) is 3.06. The predicted octanol–water partition coefficient (Wildman–Crippen LogP) is 2.30. The van der Waals surface area contributed by atoms with Crippen LogP contribution in [0, 0.1) is 5.92 Å². The van der Waals surface area contributed by atoms with Crippen molar-refractivity contribution in [3.8, 4) is 0 Å². The average Bonchev–Trinajstić information content (AvgIpc) is 3.08.